The van der Waals surface area contributed by atoms with Gasteiger partial charge in [0.15, 0.2) is 0 Å². The number of sulfonamides is 1. The molecule has 0 unspecified atom stereocenters. The van der Waals surface area contributed by atoms with Crippen molar-refractivity contribution in [3.63, 3.8) is 0 Å². The number of hydrogen-bond donors (Lipinski definition) is 3. The van der Waals surface area contributed by atoms with Crippen LogP contribution < -0.4 is 15.4 Å². The molecule has 0 aliphatic heterocycles. The summed E-state index contributed by atoms with van der Waals surface area (Å²) in [4.78, 5) is 15.2. The zero-order valence-corrected chi connectivity index (χ0v) is 11.5. The molecule has 0 saturated heterocycles. The first kappa shape index (κ1) is 15.5. The Morgan fingerprint density at radius 3 is 2.74 bits per heavy atom. The number of aromatic nitrogens is 1. The Morgan fingerprint density at radius 1 is 1.32 bits per heavy atom. The van der Waals surface area contributed by atoms with E-state index in [1.54, 1.807) is 13.1 Å². The van der Waals surface area contributed by atoms with E-state index < -0.39 is 10.0 Å². The van der Waals surface area contributed by atoms with Crippen LogP contribution in [0.2, 0.25) is 0 Å². The lowest BCUT2D eigenvalue weighted by atomic mass is 10.4. The summed E-state index contributed by atoms with van der Waals surface area (Å²) in [7, 11) is -1.80. The number of amides is 1. The van der Waals surface area contributed by atoms with E-state index in [1.165, 1.54) is 18.5 Å². The van der Waals surface area contributed by atoms with Crippen LogP contribution in [0.5, 0.6) is 0 Å². The van der Waals surface area contributed by atoms with Gasteiger partial charge in [-0.05, 0) is 19.2 Å². The maximum atomic E-state index is 11.8. The molecule has 0 aromatic carbocycles. The Labute approximate surface area is 112 Å². The molecule has 0 spiro atoms. The van der Waals surface area contributed by atoms with Crippen molar-refractivity contribution in [2.75, 3.05) is 26.7 Å². The fourth-order valence-electron chi connectivity index (χ4n) is 1.30. The van der Waals surface area contributed by atoms with Gasteiger partial charge >= 0.3 is 0 Å². The number of carbonyl (C=O) groups is 1. The molecule has 0 aliphatic carbocycles. The summed E-state index contributed by atoms with van der Waals surface area (Å²) in [6.45, 7) is 1.25. The minimum absolute atomic E-state index is 0.0581. The van der Waals surface area contributed by atoms with Crippen LogP contribution in [-0.2, 0) is 14.8 Å². The maximum Gasteiger partial charge on any atom is 0.242 e. The second kappa shape index (κ2) is 7.82. The normalized spacial score (nSPS) is 11.2. The van der Waals surface area contributed by atoms with E-state index in [2.05, 4.69) is 20.3 Å². The molecule has 3 N–H and O–H groups in total. The Morgan fingerprint density at radius 2 is 2.11 bits per heavy atom. The van der Waals surface area contributed by atoms with E-state index in [-0.39, 0.29) is 23.8 Å². The molecule has 1 aromatic heterocycles. The summed E-state index contributed by atoms with van der Waals surface area (Å²) in [5.41, 5.74) is 0. The molecule has 1 heterocycles. The third kappa shape index (κ3) is 5.77. The lowest BCUT2D eigenvalue weighted by Crippen LogP contribution is -2.33. The van der Waals surface area contributed by atoms with Crippen LogP contribution in [-0.4, -0.2) is 46.0 Å². The summed E-state index contributed by atoms with van der Waals surface area (Å²) in [6.07, 6.45) is 2.85. The Bertz CT molecular complexity index is 490. The van der Waals surface area contributed by atoms with Gasteiger partial charge < -0.3 is 10.6 Å². The highest BCUT2D eigenvalue weighted by atomic mass is 32.2. The first-order chi connectivity index (χ1) is 9.06. The Kier molecular flexibility index (Phi) is 6.40. The van der Waals surface area contributed by atoms with Gasteiger partial charge in [0.25, 0.3) is 0 Å². The number of hydrogen-bond acceptors (Lipinski definition) is 5. The highest BCUT2D eigenvalue weighted by Crippen LogP contribution is 2.04. The van der Waals surface area contributed by atoms with Crippen LogP contribution in [0.25, 0.3) is 0 Å². The quantitative estimate of drug-likeness (QED) is 0.537. The first-order valence-electron chi connectivity index (χ1n) is 5.87. The molecule has 106 valence electrons. The van der Waals surface area contributed by atoms with Gasteiger partial charge in [0.1, 0.15) is 4.90 Å². The zero-order valence-electron chi connectivity index (χ0n) is 10.7. The Hall–Kier alpha value is -1.51. The third-order valence-electron chi connectivity index (χ3n) is 2.29. The fraction of sp³-hybridized carbons (Fsp3) is 0.455. The highest BCUT2D eigenvalue weighted by Gasteiger charge is 2.13. The SMILES string of the molecule is CNCCNC(=O)CCNS(=O)(=O)c1cccnc1. The van der Waals surface area contributed by atoms with Gasteiger partial charge in [0.05, 0.1) is 0 Å². The zero-order chi connectivity index (χ0) is 14.1. The van der Waals surface area contributed by atoms with Crippen LogP contribution in [0.3, 0.4) is 0 Å². The van der Waals surface area contributed by atoms with Gasteiger partial charge in [0, 0.05) is 38.4 Å². The summed E-state index contributed by atoms with van der Waals surface area (Å²) in [5, 5.41) is 5.55. The van der Waals surface area contributed by atoms with Crippen molar-refractivity contribution in [3.05, 3.63) is 24.5 Å². The predicted octanol–water partition coefficient (Wildman–Crippen LogP) is -0.914. The molecule has 0 bridgehead atoms. The van der Waals surface area contributed by atoms with Crippen LogP contribution in [0, 0.1) is 0 Å². The molecule has 0 atom stereocenters. The van der Waals surface area contributed by atoms with Crippen molar-refractivity contribution in [3.8, 4) is 0 Å². The van der Waals surface area contributed by atoms with Crippen molar-refractivity contribution in [2.24, 2.45) is 0 Å². The molecule has 1 aromatic rings. The summed E-state index contributed by atoms with van der Waals surface area (Å²) >= 11 is 0. The minimum atomic E-state index is -3.59. The van der Waals surface area contributed by atoms with Crippen molar-refractivity contribution >= 4 is 15.9 Å². The molecule has 0 fully saturated rings. The number of rotatable bonds is 8. The molecule has 7 nitrogen and oxygen atoms in total. The monoisotopic (exact) mass is 286 g/mol. The summed E-state index contributed by atoms with van der Waals surface area (Å²) < 4.78 is 25.9. The van der Waals surface area contributed by atoms with Crippen molar-refractivity contribution in [1.29, 1.82) is 0 Å². The largest absolute Gasteiger partial charge is 0.355 e. The topological polar surface area (TPSA) is 100 Å². The first-order valence-corrected chi connectivity index (χ1v) is 7.35. The summed E-state index contributed by atoms with van der Waals surface area (Å²) in [6, 6.07) is 2.99. The van der Waals surface area contributed by atoms with Crippen molar-refractivity contribution in [1.82, 2.24) is 20.3 Å². The lowest BCUT2D eigenvalue weighted by molar-refractivity contribution is -0.120. The van der Waals surface area contributed by atoms with Crippen LogP contribution >= 0.6 is 0 Å². The van der Waals surface area contributed by atoms with E-state index >= 15 is 0 Å². The maximum absolute atomic E-state index is 11.8. The van der Waals surface area contributed by atoms with E-state index in [0.717, 1.165) is 0 Å². The average Bonchev–Trinajstić information content (AvgIpc) is 2.40. The molecule has 0 saturated carbocycles. The second-order valence-corrected chi connectivity index (χ2v) is 5.56. The van der Waals surface area contributed by atoms with Gasteiger partial charge in [-0.2, -0.15) is 0 Å². The molecule has 8 heteroatoms. The van der Waals surface area contributed by atoms with Gasteiger partial charge in [-0.3, -0.25) is 9.78 Å². The van der Waals surface area contributed by atoms with Crippen LogP contribution in [0.1, 0.15) is 6.42 Å². The van der Waals surface area contributed by atoms with Gasteiger partial charge in [0.2, 0.25) is 15.9 Å². The number of pyridine rings is 1. The molecular formula is C11H18N4O3S. The van der Waals surface area contributed by atoms with Crippen molar-refractivity contribution < 1.29 is 13.2 Å². The smallest absolute Gasteiger partial charge is 0.242 e. The van der Waals surface area contributed by atoms with E-state index in [1.807, 2.05) is 0 Å². The van der Waals surface area contributed by atoms with E-state index in [0.29, 0.717) is 13.1 Å². The van der Waals surface area contributed by atoms with Crippen molar-refractivity contribution in [2.45, 2.75) is 11.3 Å². The van der Waals surface area contributed by atoms with E-state index in [9.17, 15) is 13.2 Å². The van der Waals surface area contributed by atoms with Crippen LogP contribution in [0.4, 0.5) is 0 Å². The molecular weight excluding hydrogens is 268 g/mol. The molecule has 19 heavy (non-hydrogen) atoms. The molecule has 0 radical (unpaired) electrons. The lowest BCUT2D eigenvalue weighted by Gasteiger charge is -2.07. The highest BCUT2D eigenvalue weighted by molar-refractivity contribution is 7.89. The predicted molar refractivity (Wildman–Crippen MR) is 71.0 cm³/mol. The van der Waals surface area contributed by atoms with Gasteiger partial charge in [-0.15, -0.1) is 0 Å². The standard InChI is InChI=1S/C11H18N4O3S/c1-12-7-8-14-11(16)4-6-15-19(17,18)10-3-2-5-13-9-10/h2-3,5,9,12,15H,4,6-8H2,1H3,(H,14,16). The number of nitrogens with zero attached hydrogens (tertiary/aromatic N) is 1. The third-order valence-corrected chi connectivity index (χ3v) is 3.73. The van der Waals surface area contributed by atoms with Crippen LogP contribution in [0.15, 0.2) is 29.4 Å². The summed E-state index contributed by atoms with van der Waals surface area (Å²) in [5.74, 6) is -0.191. The number of carbonyl (C=O) groups excluding carboxylic acids is 1. The molecule has 1 rings (SSSR count). The Balaban J connectivity index is 2.35. The van der Waals surface area contributed by atoms with Gasteiger partial charge in [-0.25, -0.2) is 13.1 Å². The fourth-order valence-corrected chi connectivity index (χ4v) is 2.30. The number of likely N-dealkylation sites (N-methyl/N-ethyl adjacent to an activating group) is 1. The molecule has 0 aliphatic rings. The molecule has 1 amide bonds. The average molecular weight is 286 g/mol. The number of nitrogens with one attached hydrogen (secondary N) is 3. The second-order valence-electron chi connectivity index (χ2n) is 3.79. The van der Waals surface area contributed by atoms with E-state index in [4.69, 9.17) is 0 Å². The minimum Gasteiger partial charge on any atom is -0.355 e. The van der Waals surface area contributed by atoms with Gasteiger partial charge in [-0.1, -0.05) is 0 Å².